The first-order chi connectivity index (χ1) is 9.70. The lowest BCUT2D eigenvalue weighted by Gasteiger charge is -2.11. The van der Waals surface area contributed by atoms with Crippen molar-refractivity contribution in [1.29, 1.82) is 0 Å². The molecule has 0 aliphatic rings. The van der Waals surface area contributed by atoms with Gasteiger partial charge >= 0.3 is 6.18 Å². The van der Waals surface area contributed by atoms with Crippen molar-refractivity contribution in [2.24, 2.45) is 0 Å². The Morgan fingerprint density at radius 3 is 2.19 bits per heavy atom. The largest absolute Gasteiger partial charge is 0.417 e. The highest BCUT2D eigenvalue weighted by Gasteiger charge is 2.33. The van der Waals surface area contributed by atoms with Crippen LogP contribution in [0.3, 0.4) is 0 Å². The number of hydrogen-bond donors (Lipinski definition) is 0. The molecule has 0 aliphatic carbocycles. The highest BCUT2D eigenvalue weighted by molar-refractivity contribution is 9.10. The lowest BCUT2D eigenvalue weighted by Crippen LogP contribution is -2.09. The number of rotatable bonds is 2. The summed E-state index contributed by atoms with van der Waals surface area (Å²) in [5, 5.41) is 0. The number of carbonyl (C=O) groups is 1. The molecule has 110 valence electrons. The standard InChI is InChI=1S/C15H9BrF4O/c1-8-6-9(3-5-13(8)17)14(21)10-2-4-12(16)11(7-10)15(18,19)20/h2-7H,1H3. The fourth-order valence-electron chi connectivity index (χ4n) is 1.84. The van der Waals surface area contributed by atoms with Gasteiger partial charge in [0.15, 0.2) is 5.78 Å². The fourth-order valence-corrected chi connectivity index (χ4v) is 2.31. The van der Waals surface area contributed by atoms with Crippen molar-refractivity contribution in [3.05, 3.63) is 68.9 Å². The van der Waals surface area contributed by atoms with Gasteiger partial charge in [0.05, 0.1) is 5.56 Å². The quantitative estimate of drug-likeness (QED) is 0.534. The molecule has 0 fully saturated rings. The molecule has 0 aliphatic heterocycles. The molecule has 0 unspecified atom stereocenters. The first kappa shape index (κ1) is 15.7. The summed E-state index contributed by atoms with van der Waals surface area (Å²) < 4.78 is 51.5. The van der Waals surface area contributed by atoms with Crippen molar-refractivity contribution >= 4 is 21.7 Å². The first-order valence-corrected chi connectivity index (χ1v) is 6.67. The molecular formula is C15H9BrF4O. The summed E-state index contributed by atoms with van der Waals surface area (Å²) in [4.78, 5) is 12.2. The molecule has 0 saturated heterocycles. The van der Waals surface area contributed by atoms with Crippen LogP contribution in [0.1, 0.15) is 27.0 Å². The number of hydrogen-bond acceptors (Lipinski definition) is 1. The Labute approximate surface area is 126 Å². The van der Waals surface area contributed by atoms with E-state index in [1.165, 1.54) is 31.2 Å². The third kappa shape index (κ3) is 3.32. The summed E-state index contributed by atoms with van der Waals surface area (Å²) in [5.41, 5.74) is -0.623. The van der Waals surface area contributed by atoms with Crippen molar-refractivity contribution in [2.75, 3.05) is 0 Å². The Kier molecular flexibility index (Phi) is 4.18. The van der Waals surface area contributed by atoms with Crippen LogP contribution >= 0.6 is 15.9 Å². The van der Waals surface area contributed by atoms with Crippen molar-refractivity contribution < 1.29 is 22.4 Å². The van der Waals surface area contributed by atoms with Crippen LogP contribution in [-0.4, -0.2) is 5.78 Å². The van der Waals surface area contributed by atoms with Crippen LogP contribution in [0, 0.1) is 12.7 Å². The Bertz CT molecular complexity index is 707. The van der Waals surface area contributed by atoms with E-state index in [9.17, 15) is 22.4 Å². The molecule has 2 aromatic carbocycles. The van der Waals surface area contributed by atoms with Gasteiger partial charge in [-0.2, -0.15) is 13.2 Å². The molecule has 6 heteroatoms. The Morgan fingerprint density at radius 1 is 1.05 bits per heavy atom. The molecule has 2 rings (SSSR count). The number of halogens is 5. The normalized spacial score (nSPS) is 11.5. The molecular weight excluding hydrogens is 352 g/mol. The van der Waals surface area contributed by atoms with Gasteiger partial charge in [-0.05, 0) is 48.9 Å². The summed E-state index contributed by atoms with van der Waals surface area (Å²) in [6.07, 6.45) is -4.56. The zero-order valence-electron chi connectivity index (χ0n) is 10.8. The summed E-state index contributed by atoms with van der Waals surface area (Å²) in [5.74, 6) is -1.06. The molecule has 21 heavy (non-hydrogen) atoms. The van der Waals surface area contributed by atoms with Crippen molar-refractivity contribution in [3.8, 4) is 0 Å². The van der Waals surface area contributed by atoms with Crippen molar-refractivity contribution in [2.45, 2.75) is 13.1 Å². The maximum Gasteiger partial charge on any atom is 0.417 e. The summed E-state index contributed by atoms with van der Waals surface area (Å²) >= 11 is 2.81. The third-order valence-electron chi connectivity index (χ3n) is 2.95. The van der Waals surface area contributed by atoms with Gasteiger partial charge < -0.3 is 0 Å². The van der Waals surface area contributed by atoms with Gasteiger partial charge in [0.25, 0.3) is 0 Å². The highest BCUT2D eigenvalue weighted by Crippen LogP contribution is 2.35. The smallest absolute Gasteiger partial charge is 0.289 e. The minimum Gasteiger partial charge on any atom is -0.289 e. The summed E-state index contributed by atoms with van der Waals surface area (Å²) in [7, 11) is 0. The lowest BCUT2D eigenvalue weighted by atomic mass is 10.00. The van der Waals surface area contributed by atoms with Gasteiger partial charge in [0.2, 0.25) is 0 Å². The SMILES string of the molecule is Cc1cc(C(=O)c2ccc(Br)c(C(F)(F)F)c2)ccc1F. The molecule has 1 nitrogen and oxygen atoms in total. The number of carbonyl (C=O) groups excluding carboxylic acids is 1. The molecule has 0 bridgehead atoms. The zero-order chi connectivity index (χ0) is 15.8. The lowest BCUT2D eigenvalue weighted by molar-refractivity contribution is -0.138. The van der Waals surface area contributed by atoms with Crippen LogP contribution in [0.25, 0.3) is 0 Å². The average molecular weight is 361 g/mol. The monoisotopic (exact) mass is 360 g/mol. The molecule has 0 saturated carbocycles. The Balaban J connectivity index is 2.46. The van der Waals surface area contributed by atoms with Crippen molar-refractivity contribution in [1.82, 2.24) is 0 Å². The van der Waals surface area contributed by atoms with Crippen LogP contribution in [-0.2, 0) is 6.18 Å². The molecule has 0 aromatic heterocycles. The van der Waals surface area contributed by atoms with Gasteiger partial charge in [-0.3, -0.25) is 4.79 Å². The second kappa shape index (κ2) is 5.60. The Morgan fingerprint density at radius 2 is 1.62 bits per heavy atom. The predicted octanol–water partition coefficient (Wildman–Crippen LogP) is 5.15. The van der Waals surface area contributed by atoms with Gasteiger partial charge in [0.1, 0.15) is 5.82 Å². The van der Waals surface area contributed by atoms with Crippen LogP contribution in [0.5, 0.6) is 0 Å². The maximum absolute atomic E-state index is 13.2. The number of benzene rings is 2. The summed E-state index contributed by atoms with van der Waals surface area (Å²) in [6.45, 7) is 1.48. The van der Waals surface area contributed by atoms with Gasteiger partial charge in [0, 0.05) is 15.6 Å². The third-order valence-corrected chi connectivity index (χ3v) is 3.65. The number of ketones is 1. The van der Waals surface area contributed by atoms with Gasteiger partial charge in [-0.1, -0.05) is 15.9 Å². The van der Waals surface area contributed by atoms with Crippen LogP contribution < -0.4 is 0 Å². The average Bonchev–Trinajstić information content (AvgIpc) is 2.40. The first-order valence-electron chi connectivity index (χ1n) is 5.88. The van der Waals surface area contributed by atoms with E-state index in [0.29, 0.717) is 0 Å². The van der Waals surface area contributed by atoms with Crippen LogP contribution in [0.15, 0.2) is 40.9 Å². The highest BCUT2D eigenvalue weighted by atomic mass is 79.9. The van der Waals surface area contributed by atoms with Crippen LogP contribution in [0.2, 0.25) is 0 Å². The molecule has 0 atom stereocenters. The van der Waals surface area contributed by atoms with E-state index in [-0.39, 0.29) is 21.2 Å². The van der Waals surface area contributed by atoms with Gasteiger partial charge in [-0.25, -0.2) is 4.39 Å². The maximum atomic E-state index is 13.2. The molecule has 0 radical (unpaired) electrons. The topological polar surface area (TPSA) is 17.1 Å². The second-order valence-corrected chi connectivity index (χ2v) is 5.34. The minimum atomic E-state index is -4.56. The predicted molar refractivity (Wildman–Crippen MR) is 73.7 cm³/mol. The van der Waals surface area contributed by atoms with Crippen LogP contribution in [0.4, 0.5) is 17.6 Å². The van der Waals surface area contributed by atoms with Gasteiger partial charge in [-0.15, -0.1) is 0 Å². The second-order valence-electron chi connectivity index (χ2n) is 4.49. The number of aryl methyl sites for hydroxylation is 1. The van der Waals surface area contributed by atoms with E-state index in [4.69, 9.17) is 0 Å². The van der Waals surface area contributed by atoms with E-state index in [2.05, 4.69) is 15.9 Å². The fraction of sp³-hybridized carbons (Fsp3) is 0.133. The van der Waals surface area contributed by atoms with E-state index >= 15 is 0 Å². The van der Waals surface area contributed by atoms with E-state index in [1.807, 2.05) is 0 Å². The Hall–Kier alpha value is -1.69. The molecule has 0 spiro atoms. The number of alkyl halides is 3. The summed E-state index contributed by atoms with van der Waals surface area (Å²) in [6, 6.07) is 6.93. The molecule has 0 heterocycles. The van der Waals surface area contributed by atoms with Crippen molar-refractivity contribution in [3.63, 3.8) is 0 Å². The van der Waals surface area contributed by atoms with E-state index in [1.54, 1.807) is 0 Å². The minimum absolute atomic E-state index is 0.100. The van der Waals surface area contributed by atoms with E-state index in [0.717, 1.165) is 12.1 Å². The zero-order valence-corrected chi connectivity index (χ0v) is 12.3. The van der Waals surface area contributed by atoms with E-state index < -0.39 is 23.3 Å². The molecule has 2 aromatic rings. The molecule has 0 amide bonds. The molecule has 0 N–H and O–H groups in total.